The van der Waals surface area contributed by atoms with Gasteiger partial charge in [0.2, 0.25) is 5.88 Å². The lowest BCUT2D eigenvalue weighted by molar-refractivity contribution is 0.0356. The number of carbonyl (C=O) groups excluding carboxylic acids is 2. The van der Waals surface area contributed by atoms with E-state index in [9.17, 15) is 19.1 Å². The zero-order chi connectivity index (χ0) is 27.1. The monoisotopic (exact) mass is 510 g/mol. The molecular weight excluding hydrogens is 475 g/mol. The van der Waals surface area contributed by atoms with Crippen LogP contribution in [0.2, 0.25) is 0 Å². The molecule has 0 radical (unpaired) electrons. The van der Waals surface area contributed by atoms with Crippen LogP contribution in [0.5, 0.6) is 5.88 Å². The van der Waals surface area contributed by atoms with Crippen molar-refractivity contribution in [3.05, 3.63) is 53.5 Å². The van der Waals surface area contributed by atoms with Gasteiger partial charge >= 0.3 is 6.03 Å². The maximum Gasteiger partial charge on any atom is 0.321 e. The molecule has 0 saturated heterocycles. The van der Waals surface area contributed by atoms with Crippen molar-refractivity contribution in [1.82, 2.24) is 14.8 Å². The van der Waals surface area contributed by atoms with E-state index in [0.29, 0.717) is 18.0 Å². The van der Waals surface area contributed by atoms with Crippen molar-refractivity contribution in [2.75, 3.05) is 32.1 Å². The summed E-state index contributed by atoms with van der Waals surface area (Å²) in [6, 6.07) is 6.67. The number of fused-ring (bicyclic) bond motifs is 1. The number of pyridine rings is 1. The summed E-state index contributed by atoms with van der Waals surface area (Å²) in [7, 11) is 1.59. The molecule has 0 aliphatic carbocycles. The van der Waals surface area contributed by atoms with Gasteiger partial charge in [0.05, 0.1) is 24.9 Å². The summed E-state index contributed by atoms with van der Waals surface area (Å²) < 4.78 is 20.2. The van der Waals surface area contributed by atoms with Crippen molar-refractivity contribution in [1.29, 1.82) is 0 Å². The molecule has 0 fully saturated rings. The van der Waals surface area contributed by atoms with Gasteiger partial charge in [-0.3, -0.25) is 4.79 Å². The number of ether oxygens (including phenoxy) is 1. The first kappa shape index (κ1) is 27.9. The zero-order valence-electron chi connectivity index (χ0n) is 22.0. The highest BCUT2D eigenvalue weighted by molar-refractivity contribution is 5.97. The standard InChI is InChI=1S/C28H35FN4O4/c1-18(2)9-8-10-21-13-22-26(30-14-21)37-25(19(3)15-33(27(22)35)20(4)17-34)16-32(5)28(36)31-24-12-7-6-11-23(24)29/h6-7,11-14,18-20,25,34H,9,15-17H2,1-5H3,(H,31,36)/t19-,20-,25+/m1/s1. The summed E-state index contributed by atoms with van der Waals surface area (Å²) in [5.41, 5.74) is 0.934. The molecule has 0 saturated carbocycles. The molecule has 8 nitrogen and oxygen atoms in total. The van der Waals surface area contributed by atoms with Gasteiger partial charge in [-0.2, -0.15) is 0 Å². The van der Waals surface area contributed by atoms with E-state index in [0.717, 1.165) is 6.42 Å². The largest absolute Gasteiger partial charge is 0.472 e. The first-order valence-corrected chi connectivity index (χ1v) is 12.4. The molecule has 3 amide bonds. The Morgan fingerprint density at radius 2 is 2.08 bits per heavy atom. The van der Waals surface area contributed by atoms with Crippen LogP contribution in [-0.4, -0.2) is 70.7 Å². The number of nitrogens with one attached hydrogen (secondary N) is 1. The summed E-state index contributed by atoms with van der Waals surface area (Å²) in [6.45, 7) is 8.10. The number of aliphatic hydroxyl groups excluding tert-OH is 1. The summed E-state index contributed by atoms with van der Waals surface area (Å²) in [6.07, 6.45) is 1.76. The number of amides is 3. The second-order valence-corrected chi connectivity index (χ2v) is 9.89. The Morgan fingerprint density at radius 1 is 1.35 bits per heavy atom. The maximum atomic E-state index is 14.0. The van der Waals surface area contributed by atoms with Gasteiger partial charge in [-0.1, -0.05) is 44.7 Å². The number of anilines is 1. The van der Waals surface area contributed by atoms with Gasteiger partial charge in [0.15, 0.2) is 0 Å². The molecule has 9 heteroatoms. The van der Waals surface area contributed by atoms with Crippen LogP contribution in [0.25, 0.3) is 0 Å². The Bertz CT molecular complexity index is 1180. The maximum absolute atomic E-state index is 14.0. The van der Waals surface area contributed by atoms with E-state index in [1.165, 1.54) is 17.0 Å². The molecule has 2 N–H and O–H groups in total. The molecule has 0 spiro atoms. The highest BCUT2D eigenvalue weighted by Gasteiger charge is 2.34. The Labute approximate surface area is 217 Å². The van der Waals surface area contributed by atoms with Gasteiger partial charge in [0, 0.05) is 37.7 Å². The van der Waals surface area contributed by atoms with Crippen molar-refractivity contribution in [2.24, 2.45) is 11.8 Å². The predicted octanol–water partition coefficient (Wildman–Crippen LogP) is 4.00. The van der Waals surface area contributed by atoms with Crippen molar-refractivity contribution < 1.29 is 23.8 Å². The van der Waals surface area contributed by atoms with Gasteiger partial charge in [-0.05, 0) is 31.0 Å². The number of aromatic nitrogens is 1. The number of carbonyl (C=O) groups is 2. The number of likely N-dealkylation sites (N-methyl/N-ethyl adjacent to an activating group) is 1. The average Bonchev–Trinajstić information content (AvgIpc) is 2.87. The van der Waals surface area contributed by atoms with Crippen LogP contribution in [0.15, 0.2) is 36.5 Å². The Hall–Kier alpha value is -3.64. The number of rotatable bonds is 6. The molecule has 2 heterocycles. The number of nitrogens with zero attached hydrogens (tertiary/aromatic N) is 3. The molecule has 0 unspecified atom stereocenters. The zero-order valence-corrected chi connectivity index (χ0v) is 22.0. The molecule has 3 rings (SSSR count). The fraction of sp³-hybridized carbons (Fsp3) is 0.464. The second kappa shape index (κ2) is 12.5. The van der Waals surface area contributed by atoms with Crippen molar-refractivity contribution in [2.45, 2.75) is 46.3 Å². The molecule has 0 bridgehead atoms. The minimum Gasteiger partial charge on any atom is -0.472 e. The number of hydrogen-bond donors (Lipinski definition) is 2. The fourth-order valence-corrected chi connectivity index (χ4v) is 3.87. The van der Waals surface area contributed by atoms with E-state index in [1.807, 2.05) is 6.92 Å². The van der Waals surface area contributed by atoms with Gasteiger partial charge < -0.3 is 25.0 Å². The van der Waals surface area contributed by atoms with Crippen LogP contribution < -0.4 is 10.1 Å². The van der Waals surface area contributed by atoms with Gasteiger partial charge in [-0.25, -0.2) is 14.2 Å². The molecule has 3 atom stereocenters. The third-order valence-corrected chi connectivity index (χ3v) is 6.18. The minimum absolute atomic E-state index is 0.0812. The summed E-state index contributed by atoms with van der Waals surface area (Å²) in [5.74, 6) is 5.69. The van der Waals surface area contributed by atoms with E-state index in [-0.39, 0.29) is 42.1 Å². The number of halogens is 1. The highest BCUT2D eigenvalue weighted by atomic mass is 19.1. The third-order valence-electron chi connectivity index (χ3n) is 6.18. The number of urea groups is 1. The third kappa shape index (κ3) is 7.20. The lowest BCUT2D eigenvalue weighted by Crippen LogP contribution is -2.50. The van der Waals surface area contributed by atoms with E-state index in [2.05, 4.69) is 36.0 Å². The predicted molar refractivity (Wildman–Crippen MR) is 140 cm³/mol. The van der Waals surface area contributed by atoms with Crippen LogP contribution in [0.3, 0.4) is 0 Å². The SMILES string of the molecule is CC(C)CC#Cc1cnc2c(c1)C(=O)N([C@H](C)CO)C[C@@H](C)[C@H](CN(C)C(=O)Nc1ccccc1F)O2. The summed E-state index contributed by atoms with van der Waals surface area (Å²) in [5, 5.41) is 12.4. The Kier molecular flexibility index (Phi) is 9.48. The van der Waals surface area contributed by atoms with Crippen LogP contribution in [0, 0.1) is 29.5 Å². The molecule has 1 aromatic carbocycles. The van der Waals surface area contributed by atoms with E-state index in [4.69, 9.17) is 4.74 Å². The highest BCUT2D eigenvalue weighted by Crippen LogP contribution is 2.27. The van der Waals surface area contributed by atoms with E-state index in [1.54, 1.807) is 43.3 Å². The van der Waals surface area contributed by atoms with Gasteiger partial charge in [-0.15, -0.1) is 0 Å². The van der Waals surface area contributed by atoms with Crippen LogP contribution in [0.4, 0.5) is 14.9 Å². The summed E-state index contributed by atoms with van der Waals surface area (Å²) >= 11 is 0. The molecule has 37 heavy (non-hydrogen) atoms. The van der Waals surface area contributed by atoms with Crippen molar-refractivity contribution in [3.63, 3.8) is 0 Å². The van der Waals surface area contributed by atoms with Crippen LogP contribution in [-0.2, 0) is 0 Å². The Morgan fingerprint density at radius 3 is 2.76 bits per heavy atom. The normalized spacial score (nSPS) is 18.1. The lowest BCUT2D eigenvalue weighted by atomic mass is 10.00. The molecule has 1 aliphatic rings. The van der Waals surface area contributed by atoms with Gasteiger partial charge in [0.25, 0.3) is 5.91 Å². The molecule has 198 valence electrons. The van der Waals surface area contributed by atoms with E-state index < -0.39 is 24.0 Å². The van der Waals surface area contributed by atoms with Gasteiger partial charge in [0.1, 0.15) is 17.5 Å². The van der Waals surface area contributed by atoms with Crippen LogP contribution in [0.1, 0.15) is 50.0 Å². The molecule has 1 aliphatic heterocycles. The molecule has 2 aromatic rings. The first-order valence-electron chi connectivity index (χ1n) is 12.4. The molecular formula is C28H35FN4O4. The number of benzene rings is 1. The number of para-hydroxylation sites is 1. The minimum atomic E-state index is -0.530. The van der Waals surface area contributed by atoms with Crippen molar-refractivity contribution >= 4 is 17.6 Å². The molecule has 1 aromatic heterocycles. The first-order chi connectivity index (χ1) is 17.6. The smallest absolute Gasteiger partial charge is 0.321 e. The number of hydrogen-bond acceptors (Lipinski definition) is 5. The summed E-state index contributed by atoms with van der Waals surface area (Å²) in [4.78, 5) is 33.7. The van der Waals surface area contributed by atoms with Crippen LogP contribution >= 0.6 is 0 Å². The quantitative estimate of drug-likeness (QED) is 0.573. The average molecular weight is 511 g/mol. The Balaban J connectivity index is 1.88. The van der Waals surface area contributed by atoms with E-state index >= 15 is 0 Å². The second-order valence-electron chi connectivity index (χ2n) is 9.89. The van der Waals surface area contributed by atoms with Crippen molar-refractivity contribution in [3.8, 4) is 17.7 Å². The number of aliphatic hydroxyl groups is 1. The topological polar surface area (TPSA) is 95.0 Å². The fourth-order valence-electron chi connectivity index (χ4n) is 3.87. The lowest BCUT2D eigenvalue weighted by Gasteiger charge is -2.37.